The van der Waals surface area contributed by atoms with Gasteiger partial charge in [0, 0.05) is 19.0 Å². The predicted octanol–water partition coefficient (Wildman–Crippen LogP) is 4.10. The Labute approximate surface area is 193 Å². The third-order valence-corrected chi connectivity index (χ3v) is 5.39. The standard InChI is InChI=1S/C22H18F6N4O3/c1-31-20(10-5-6-10)30-32(22(31)34)15-8-16(35-17(9-23)19(27)28)11(7-14(15)26)21(33)29-18-12(24)3-2-4-13(18)25/h2-4,7-8,10,17,19H,5-6,9H2,1H3,(H,29,33)/t17-/m0/s1. The summed E-state index contributed by atoms with van der Waals surface area (Å²) in [5, 5.41) is 5.98. The smallest absolute Gasteiger partial charge is 0.350 e. The zero-order valence-corrected chi connectivity index (χ0v) is 18.1. The number of ether oxygens (including phenoxy) is 1. The van der Waals surface area contributed by atoms with Gasteiger partial charge in [-0.15, -0.1) is 5.10 Å². The molecule has 1 saturated carbocycles. The lowest BCUT2D eigenvalue weighted by atomic mass is 10.1. The molecule has 3 aromatic rings. The summed E-state index contributed by atoms with van der Waals surface area (Å²) in [5.74, 6) is -5.18. The van der Waals surface area contributed by atoms with E-state index in [1.807, 2.05) is 5.32 Å². The molecule has 186 valence electrons. The maximum Gasteiger partial charge on any atom is 0.350 e. The molecule has 1 fully saturated rings. The summed E-state index contributed by atoms with van der Waals surface area (Å²) in [5.41, 5.74) is -2.94. The Balaban J connectivity index is 1.80. The van der Waals surface area contributed by atoms with E-state index in [2.05, 4.69) is 5.10 Å². The molecule has 1 aliphatic carbocycles. The first-order chi connectivity index (χ1) is 16.6. The normalized spacial score (nSPS) is 14.3. The van der Waals surface area contributed by atoms with Crippen LogP contribution in [-0.4, -0.2) is 39.5 Å². The van der Waals surface area contributed by atoms with Crippen molar-refractivity contribution in [2.75, 3.05) is 12.0 Å². The van der Waals surface area contributed by atoms with Crippen LogP contribution in [0.1, 0.15) is 34.9 Å². The van der Waals surface area contributed by atoms with Crippen molar-refractivity contribution in [2.24, 2.45) is 7.05 Å². The molecule has 1 N–H and O–H groups in total. The maximum absolute atomic E-state index is 15.1. The van der Waals surface area contributed by atoms with Gasteiger partial charge in [0.25, 0.3) is 12.3 Å². The zero-order valence-electron chi connectivity index (χ0n) is 18.1. The lowest BCUT2D eigenvalue weighted by Gasteiger charge is -2.19. The minimum atomic E-state index is -3.33. The number of halogens is 6. The zero-order chi connectivity index (χ0) is 25.4. The molecule has 1 aliphatic rings. The number of amides is 1. The largest absolute Gasteiger partial charge is 0.481 e. The summed E-state index contributed by atoms with van der Waals surface area (Å²) in [6.45, 7) is -1.66. The third kappa shape index (κ3) is 4.75. The molecule has 2 aromatic carbocycles. The number of carbonyl (C=O) groups is 1. The summed E-state index contributed by atoms with van der Waals surface area (Å²) in [7, 11) is 1.43. The second-order valence-corrected chi connectivity index (χ2v) is 7.88. The molecule has 0 radical (unpaired) electrons. The SMILES string of the molecule is Cn1c(C2CC2)nn(-c2cc(O[C@@H](CF)C(F)F)c(C(=O)Nc3c(F)cccc3F)cc2F)c1=O. The number of nitrogens with zero attached hydrogens (tertiary/aromatic N) is 3. The van der Waals surface area contributed by atoms with E-state index >= 15 is 4.39 Å². The van der Waals surface area contributed by atoms with Crippen molar-refractivity contribution in [3.63, 3.8) is 0 Å². The van der Waals surface area contributed by atoms with Crippen LogP contribution in [0.3, 0.4) is 0 Å². The van der Waals surface area contributed by atoms with Crippen LogP contribution in [0.25, 0.3) is 5.69 Å². The highest BCUT2D eigenvalue weighted by Crippen LogP contribution is 2.38. The summed E-state index contributed by atoms with van der Waals surface area (Å²) < 4.78 is 89.3. The molecule has 13 heteroatoms. The number of rotatable bonds is 8. The number of para-hydroxylation sites is 1. The van der Waals surface area contributed by atoms with Crippen molar-refractivity contribution in [1.82, 2.24) is 14.3 Å². The quantitative estimate of drug-likeness (QED) is 0.473. The van der Waals surface area contributed by atoms with Crippen LogP contribution in [0.2, 0.25) is 0 Å². The van der Waals surface area contributed by atoms with Gasteiger partial charge in [-0.25, -0.2) is 31.1 Å². The molecule has 0 aliphatic heterocycles. The van der Waals surface area contributed by atoms with Crippen molar-refractivity contribution in [2.45, 2.75) is 31.3 Å². The average Bonchev–Trinajstić information content (AvgIpc) is 3.61. The Morgan fingerprint density at radius 3 is 2.40 bits per heavy atom. The van der Waals surface area contributed by atoms with E-state index in [0.29, 0.717) is 16.6 Å². The van der Waals surface area contributed by atoms with Crippen LogP contribution in [0, 0.1) is 17.5 Å². The Kier molecular flexibility index (Phi) is 6.59. The summed E-state index contributed by atoms with van der Waals surface area (Å²) in [6.07, 6.45) is -4.11. The monoisotopic (exact) mass is 500 g/mol. The summed E-state index contributed by atoms with van der Waals surface area (Å²) in [4.78, 5) is 25.4. The van der Waals surface area contributed by atoms with Crippen molar-refractivity contribution in [3.8, 4) is 11.4 Å². The number of alkyl halides is 3. The number of benzene rings is 2. The summed E-state index contributed by atoms with van der Waals surface area (Å²) >= 11 is 0. The van der Waals surface area contributed by atoms with Crippen LogP contribution >= 0.6 is 0 Å². The van der Waals surface area contributed by atoms with Gasteiger partial charge in [0.15, 0.2) is 6.10 Å². The molecule has 1 aromatic heterocycles. The van der Waals surface area contributed by atoms with Gasteiger partial charge in [-0.3, -0.25) is 9.36 Å². The van der Waals surface area contributed by atoms with Gasteiger partial charge in [0.1, 0.15) is 47.1 Å². The third-order valence-electron chi connectivity index (χ3n) is 5.39. The lowest BCUT2D eigenvalue weighted by Crippen LogP contribution is -2.29. The van der Waals surface area contributed by atoms with E-state index in [4.69, 9.17) is 4.74 Å². The highest BCUT2D eigenvalue weighted by atomic mass is 19.3. The number of hydrogen-bond acceptors (Lipinski definition) is 4. The molecule has 0 bridgehead atoms. The van der Waals surface area contributed by atoms with E-state index < -0.39 is 70.9 Å². The molecule has 1 amide bonds. The van der Waals surface area contributed by atoms with Gasteiger partial charge >= 0.3 is 5.69 Å². The Hall–Kier alpha value is -3.77. The topological polar surface area (TPSA) is 78.2 Å². The van der Waals surface area contributed by atoms with Crippen LogP contribution < -0.4 is 15.7 Å². The first-order valence-corrected chi connectivity index (χ1v) is 10.4. The van der Waals surface area contributed by atoms with Gasteiger partial charge in [0.2, 0.25) is 0 Å². The van der Waals surface area contributed by atoms with Crippen molar-refractivity contribution in [1.29, 1.82) is 0 Å². The minimum Gasteiger partial charge on any atom is -0.481 e. The minimum absolute atomic E-state index is 0.00296. The first-order valence-electron chi connectivity index (χ1n) is 10.4. The second kappa shape index (κ2) is 9.47. The van der Waals surface area contributed by atoms with E-state index in [1.165, 1.54) is 11.6 Å². The second-order valence-electron chi connectivity index (χ2n) is 7.88. The van der Waals surface area contributed by atoms with E-state index in [9.17, 15) is 31.5 Å². The molecular formula is C22H18F6N4O3. The number of nitrogens with one attached hydrogen (secondary N) is 1. The van der Waals surface area contributed by atoms with Crippen molar-refractivity contribution >= 4 is 11.6 Å². The van der Waals surface area contributed by atoms with Gasteiger partial charge in [-0.05, 0) is 31.0 Å². The van der Waals surface area contributed by atoms with E-state index in [0.717, 1.165) is 37.1 Å². The lowest BCUT2D eigenvalue weighted by molar-refractivity contribution is -0.00158. The number of anilines is 1. The molecule has 0 saturated heterocycles. The van der Waals surface area contributed by atoms with Crippen LogP contribution in [0.5, 0.6) is 5.75 Å². The average molecular weight is 500 g/mol. The highest BCUT2D eigenvalue weighted by Gasteiger charge is 2.32. The Bertz CT molecular complexity index is 1320. The molecule has 1 heterocycles. The molecule has 4 rings (SSSR count). The van der Waals surface area contributed by atoms with E-state index in [-0.39, 0.29) is 5.92 Å². The molecule has 0 unspecified atom stereocenters. The van der Waals surface area contributed by atoms with E-state index in [1.54, 1.807) is 0 Å². The van der Waals surface area contributed by atoms with Gasteiger partial charge < -0.3 is 10.1 Å². The number of hydrogen-bond donors (Lipinski definition) is 1. The maximum atomic E-state index is 15.1. The fourth-order valence-corrected chi connectivity index (χ4v) is 3.40. The van der Waals surface area contributed by atoms with Gasteiger partial charge in [-0.2, -0.15) is 4.68 Å². The predicted molar refractivity (Wildman–Crippen MR) is 111 cm³/mol. The van der Waals surface area contributed by atoms with Crippen molar-refractivity contribution in [3.05, 3.63) is 69.7 Å². The highest BCUT2D eigenvalue weighted by molar-refractivity contribution is 6.06. The molecule has 7 nitrogen and oxygen atoms in total. The fraction of sp³-hybridized carbons (Fsp3) is 0.318. The molecule has 0 spiro atoms. The number of aromatic nitrogens is 3. The van der Waals surface area contributed by atoms with Crippen LogP contribution in [0.15, 0.2) is 35.1 Å². The van der Waals surface area contributed by atoms with Crippen LogP contribution in [-0.2, 0) is 7.05 Å². The molecular weight excluding hydrogens is 482 g/mol. The van der Waals surface area contributed by atoms with Gasteiger partial charge in [0.05, 0.1) is 5.56 Å². The summed E-state index contributed by atoms with van der Waals surface area (Å²) in [6, 6.07) is 4.00. The number of carbonyl (C=O) groups excluding carboxylic acids is 1. The van der Waals surface area contributed by atoms with Crippen molar-refractivity contribution < 1.29 is 35.9 Å². The first kappa shape index (κ1) is 24.4. The Morgan fingerprint density at radius 2 is 1.83 bits per heavy atom. The van der Waals surface area contributed by atoms with Gasteiger partial charge in [-0.1, -0.05) is 6.07 Å². The molecule has 35 heavy (non-hydrogen) atoms. The Morgan fingerprint density at radius 1 is 1.17 bits per heavy atom. The fourth-order valence-electron chi connectivity index (χ4n) is 3.40. The molecule has 1 atom stereocenters. The van der Waals surface area contributed by atoms with Crippen LogP contribution in [0.4, 0.5) is 32.0 Å².